The van der Waals surface area contributed by atoms with Gasteiger partial charge in [0.15, 0.2) is 0 Å². The van der Waals surface area contributed by atoms with Gasteiger partial charge in [0, 0.05) is 26.2 Å². The molecular weight excluding hydrogens is 286 g/mol. The second-order valence-corrected chi connectivity index (χ2v) is 6.11. The molecule has 0 saturated carbocycles. The molecule has 23 heavy (non-hydrogen) atoms. The lowest BCUT2D eigenvalue weighted by Crippen LogP contribution is -2.46. The van der Waals surface area contributed by atoms with Crippen LogP contribution in [0.25, 0.3) is 10.8 Å². The first-order valence-corrected chi connectivity index (χ1v) is 8.52. The summed E-state index contributed by atoms with van der Waals surface area (Å²) >= 11 is 0. The molecule has 3 N–H and O–H groups in total. The Morgan fingerprint density at radius 3 is 2.65 bits per heavy atom. The van der Waals surface area contributed by atoms with Gasteiger partial charge < -0.3 is 16.0 Å². The first-order valence-electron chi connectivity index (χ1n) is 8.52. The first kappa shape index (κ1) is 16.0. The Labute approximate surface area is 137 Å². The van der Waals surface area contributed by atoms with E-state index in [1.807, 2.05) is 17.0 Å². The number of carbonyl (C=O) groups excluding carboxylic acids is 1. The van der Waals surface area contributed by atoms with Gasteiger partial charge in [-0.1, -0.05) is 36.4 Å². The zero-order chi connectivity index (χ0) is 16.1. The molecule has 4 nitrogen and oxygen atoms in total. The molecule has 0 unspecified atom stereocenters. The van der Waals surface area contributed by atoms with Crippen molar-refractivity contribution >= 4 is 16.7 Å². The topological polar surface area (TPSA) is 58.4 Å². The van der Waals surface area contributed by atoms with Crippen LogP contribution in [0.3, 0.4) is 0 Å². The predicted molar refractivity (Wildman–Crippen MR) is 94.7 cm³/mol. The molecule has 1 aliphatic heterocycles. The summed E-state index contributed by atoms with van der Waals surface area (Å²) < 4.78 is 0. The van der Waals surface area contributed by atoms with Crippen molar-refractivity contribution in [1.82, 2.24) is 10.2 Å². The van der Waals surface area contributed by atoms with Crippen molar-refractivity contribution in [2.45, 2.75) is 19.3 Å². The molecule has 0 aliphatic carbocycles. The van der Waals surface area contributed by atoms with E-state index in [9.17, 15) is 4.79 Å². The molecule has 2 aromatic rings. The maximum absolute atomic E-state index is 13.1. The number of fused-ring (bicyclic) bond motifs is 1. The largest absolute Gasteiger partial charge is 0.336 e. The lowest BCUT2D eigenvalue weighted by Gasteiger charge is -2.28. The van der Waals surface area contributed by atoms with Crippen LogP contribution in [0.5, 0.6) is 0 Å². The zero-order valence-electron chi connectivity index (χ0n) is 13.6. The fourth-order valence-electron chi connectivity index (χ4n) is 3.26. The Bertz CT molecular complexity index is 677. The average molecular weight is 311 g/mol. The van der Waals surface area contributed by atoms with Crippen LogP contribution < -0.4 is 11.1 Å². The molecular formula is C19H25N3O. The van der Waals surface area contributed by atoms with Gasteiger partial charge in [-0.3, -0.25) is 4.79 Å². The fraction of sp³-hybridized carbons (Fsp3) is 0.421. The number of aryl methyl sites for hydroxylation is 1. The molecule has 0 aromatic heterocycles. The number of piperazine rings is 1. The van der Waals surface area contributed by atoms with Gasteiger partial charge in [-0.05, 0) is 42.1 Å². The number of unbranched alkanes of at least 4 members (excludes halogenated alkanes) is 1. The number of nitrogens with zero attached hydrogens (tertiary/aromatic N) is 1. The summed E-state index contributed by atoms with van der Waals surface area (Å²) in [6.45, 7) is 4.02. The SMILES string of the molecule is NCCCCc1ccc2ccccc2c1C(=O)N1CCNCC1. The highest BCUT2D eigenvalue weighted by Gasteiger charge is 2.22. The van der Waals surface area contributed by atoms with Crippen LogP contribution in [-0.4, -0.2) is 43.5 Å². The number of hydrogen-bond acceptors (Lipinski definition) is 3. The van der Waals surface area contributed by atoms with Crippen molar-refractivity contribution in [3.05, 3.63) is 47.5 Å². The van der Waals surface area contributed by atoms with Crippen molar-refractivity contribution in [1.29, 1.82) is 0 Å². The number of hydrogen-bond donors (Lipinski definition) is 2. The number of benzene rings is 2. The summed E-state index contributed by atoms with van der Waals surface area (Å²) in [4.78, 5) is 15.1. The third-order valence-electron chi connectivity index (χ3n) is 4.53. The fourth-order valence-corrected chi connectivity index (χ4v) is 3.26. The highest BCUT2D eigenvalue weighted by molar-refractivity contribution is 6.08. The van der Waals surface area contributed by atoms with Crippen LogP contribution in [0.2, 0.25) is 0 Å². The molecule has 122 valence electrons. The van der Waals surface area contributed by atoms with E-state index in [0.717, 1.165) is 67.3 Å². The van der Waals surface area contributed by atoms with Gasteiger partial charge in [0.25, 0.3) is 5.91 Å². The number of amides is 1. The minimum Gasteiger partial charge on any atom is -0.336 e. The van der Waals surface area contributed by atoms with E-state index < -0.39 is 0 Å². The Balaban J connectivity index is 1.99. The summed E-state index contributed by atoms with van der Waals surface area (Å²) in [5.74, 6) is 0.172. The molecule has 1 fully saturated rings. The lowest BCUT2D eigenvalue weighted by atomic mass is 9.94. The monoisotopic (exact) mass is 311 g/mol. The molecule has 1 amide bonds. The van der Waals surface area contributed by atoms with Crippen molar-refractivity contribution in [3.8, 4) is 0 Å². The maximum Gasteiger partial charge on any atom is 0.254 e. The third-order valence-corrected chi connectivity index (χ3v) is 4.53. The van der Waals surface area contributed by atoms with Crippen molar-refractivity contribution in [2.75, 3.05) is 32.7 Å². The lowest BCUT2D eigenvalue weighted by molar-refractivity contribution is 0.0736. The third kappa shape index (κ3) is 3.54. The quantitative estimate of drug-likeness (QED) is 0.832. The molecule has 1 saturated heterocycles. The molecule has 0 radical (unpaired) electrons. The second-order valence-electron chi connectivity index (χ2n) is 6.11. The molecule has 0 atom stereocenters. The van der Waals surface area contributed by atoms with E-state index in [4.69, 9.17) is 5.73 Å². The summed E-state index contributed by atoms with van der Waals surface area (Å²) in [5.41, 5.74) is 7.66. The maximum atomic E-state index is 13.1. The number of nitrogens with one attached hydrogen (secondary N) is 1. The zero-order valence-corrected chi connectivity index (χ0v) is 13.6. The van der Waals surface area contributed by atoms with Crippen molar-refractivity contribution in [2.24, 2.45) is 5.73 Å². The second kappa shape index (κ2) is 7.57. The van der Waals surface area contributed by atoms with Gasteiger partial charge in [0.1, 0.15) is 0 Å². The number of carbonyl (C=O) groups is 1. The molecule has 4 heteroatoms. The summed E-state index contributed by atoms with van der Waals surface area (Å²) in [7, 11) is 0. The van der Waals surface area contributed by atoms with E-state index in [-0.39, 0.29) is 5.91 Å². The number of rotatable bonds is 5. The van der Waals surface area contributed by atoms with Gasteiger partial charge in [-0.2, -0.15) is 0 Å². The van der Waals surface area contributed by atoms with E-state index >= 15 is 0 Å². The van der Waals surface area contributed by atoms with E-state index in [2.05, 4.69) is 29.6 Å². The Morgan fingerprint density at radius 1 is 1.09 bits per heavy atom. The average Bonchev–Trinajstić information content (AvgIpc) is 2.62. The Kier molecular flexibility index (Phi) is 5.26. The van der Waals surface area contributed by atoms with Gasteiger partial charge in [0.05, 0.1) is 5.56 Å². The summed E-state index contributed by atoms with van der Waals surface area (Å²) in [6.07, 6.45) is 2.93. The van der Waals surface area contributed by atoms with Gasteiger partial charge in [-0.15, -0.1) is 0 Å². The Morgan fingerprint density at radius 2 is 1.87 bits per heavy atom. The molecule has 0 spiro atoms. The predicted octanol–water partition coefficient (Wildman–Crippen LogP) is 2.17. The van der Waals surface area contributed by atoms with Crippen LogP contribution in [0.4, 0.5) is 0 Å². The highest BCUT2D eigenvalue weighted by Crippen LogP contribution is 2.25. The smallest absolute Gasteiger partial charge is 0.254 e. The Hall–Kier alpha value is -1.91. The molecule has 1 aliphatic rings. The van der Waals surface area contributed by atoms with Crippen LogP contribution in [0, 0.1) is 0 Å². The van der Waals surface area contributed by atoms with Gasteiger partial charge in [0.2, 0.25) is 0 Å². The normalized spacial score (nSPS) is 15.1. The van der Waals surface area contributed by atoms with Gasteiger partial charge in [-0.25, -0.2) is 0 Å². The van der Waals surface area contributed by atoms with Crippen LogP contribution in [-0.2, 0) is 6.42 Å². The first-order chi connectivity index (χ1) is 11.3. The van der Waals surface area contributed by atoms with Gasteiger partial charge >= 0.3 is 0 Å². The van der Waals surface area contributed by atoms with Crippen LogP contribution in [0.1, 0.15) is 28.8 Å². The molecule has 2 aromatic carbocycles. The van der Waals surface area contributed by atoms with Crippen molar-refractivity contribution in [3.63, 3.8) is 0 Å². The van der Waals surface area contributed by atoms with Crippen molar-refractivity contribution < 1.29 is 4.79 Å². The molecule has 3 rings (SSSR count). The van der Waals surface area contributed by atoms with Crippen LogP contribution >= 0.6 is 0 Å². The minimum absolute atomic E-state index is 0.172. The van der Waals surface area contributed by atoms with Crippen LogP contribution in [0.15, 0.2) is 36.4 Å². The highest BCUT2D eigenvalue weighted by atomic mass is 16.2. The molecule has 0 bridgehead atoms. The summed E-state index contributed by atoms with van der Waals surface area (Å²) in [6, 6.07) is 12.4. The summed E-state index contributed by atoms with van der Waals surface area (Å²) in [5, 5.41) is 5.51. The van der Waals surface area contributed by atoms with E-state index in [1.165, 1.54) is 0 Å². The molecule has 1 heterocycles. The minimum atomic E-state index is 0.172. The van der Waals surface area contributed by atoms with E-state index in [0.29, 0.717) is 6.54 Å². The standard InChI is InChI=1S/C19H25N3O/c20-10-4-3-6-16-9-8-15-5-1-2-7-17(15)18(16)19(23)22-13-11-21-12-14-22/h1-2,5,7-9,21H,3-4,6,10-14,20H2. The number of nitrogens with two attached hydrogens (primary N) is 1. The van der Waals surface area contributed by atoms with E-state index in [1.54, 1.807) is 0 Å².